The molecule has 142 valence electrons. The molecule has 2 aliphatic heterocycles. The van der Waals surface area contributed by atoms with Crippen molar-refractivity contribution in [2.24, 2.45) is 0 Å². The average molecular weight is 361 g/mol. The van der Waals surface area contributed by atoms with Gasteiger partial charge in [0, 0.05) is 18.2 Å². The lowest BCUT2D eigenvalue weighted by molar-refractivity contribution is 0.168. The number of hydrogen-bond donors (Lipinski definition) is 2. The van der Waals surface area contributed by atoms with Gasteiger partial charge < -0.3 is 24.8 Å². The maximum Gasteiger partial charge on any atom is 0.316 e. The molecular weight excluding hydrogens is 334 g/mol. The number of rotatable bonds is 3. The second-order valence-electron chi connectivity index (χ2n) is 7.30. The Labute approximate surface area is 154 Å². The van der Waals surface area contributed by atoms with Gasteiger partial charge in [-0.3, -0.25) is 4.90 Å². The number of fused-ring (bicyclic) bond motifs is 2. The molecule has 3 aliphatic rings. The van der Waals surface area contributed by atoms with Crippen LogP contribution in [0.4, 0.5) is 4.79 Å². The number of carbonyl (C=O) groups is 1. The van der Waals surface area contributed by atoms with E-state index in [1.54, 1.807) is 7.11 Å². The van der Waals surface area contributed by atoms with Gasteiger partial charge in [-0.1, -0.05) is 19.3 Å². The van der Waals surface area contributed by atoms with Gasteiger partial charge in [-0.2, -0.15) is 0 Å². The van der Waals surface area contributed by atoms with Gasteiger partial charge in [-0.15, -0.1) is 0 Å². The van der Waals surface area contributed by atoms with Gasteiger partial charge >= 0.3 is 6.03 Å². The Morgan fingerprint density at radius 3 is 2.81 bits per heavy atom. The molecule has 1 atom stereocenters. The van der Waals surface area contributed by atoms with E-state index in [1.807, 2.05) is 13.1 Å². The van der Waals surface area contributed by atoms with Gasteiger partial charge in [0.15, 0.2) is 11.5 Å². The highest BCUT2D eigenvalue weighted by molar-refractivity contribution is 5.75. The Balaban J connectivity index is 1.58. The summed E-state index contributed by atoms with van der Waals surface area (Å²) in [6.45, 7) is 1.05. The minimum Gasteiger partial charge on any atom is -0.492 e. The smallest absolute Gasteiger partial charge is 0.316 e. The van der Waals surface area contributed by atoms with Gasteiger partial charge in [0.1, 0.15) is 6.17 Å². The molecule has 26 heavy (non-hydrogen) atoms. The first-order valence-electron chi connectivity index (χ1n) is 9.44. The molecule has 2 N–H and O–H groups in total. The second-order valence-corrected chi connectivity index (χ2v) is 7.30. The number of nitrogens with one attached hydrogen (secondary N) is 2. The summed E-state index contributed by atoms with van der Waals surface area (Å²) in [5.41, 5.74) is 2.09. The van der Waals surface area contributed by atoms with E-state index in [9.17, 15) is 4.79 Å². The first kappa shape index (κ1) is 17.3. The molecule has 2 heterocycles. The summed E-state index contributed by atoms with van der Waals surface area (Å²) in [6, 6.07) is 2.16. The monoisotopic (exact) mass is 361 g/mol. The quantitative estimate of drug-likeness (QED) is 0.866. The second kappa shape index (κ2) is 7.23. The van der Waals surface area contributed by atoms with Crippen LogP contribution in [0.15, 0.2) is 6.07 Å². The summed E-state index contributed by atoms with van der Waals surface area (Å²) in [5.74, 6) is 2.00. The molecule has 4 rings (SSSR count). The first-order chi connectivity index (χ1) is 12.7. The molecule has 7 nitrogen and oxygen atoms in total. The standard InChI is InChI=1S/C19H27N3O4/c1-22-9-8-12-10-14-16(26-11-25-14)17(24-2)15(12)18(22)21-19(23)20-13-6-4-3-5-7-13/h10,13,18H,3-9,11H2,1-2H3,(H2,20,21,23)/t18-/m1/s1. The van der Waals surface area contributed by atoms with Crippen molar-refractivity contribution >= 4 is 6.03 Å². The fourth-order valence-corrected chi connectivity index (χ4v) is 4.21. The molecule has 0 aromatic heterocycles. The van der Waals surface area contributed by atoms with Crippen molar-refractivity contribution in [1.82, 2.24) is 15.5 Å². The first-order valence-corrected chi connectivity index (χ1v) is 9.44. The van der Waals surface area contributed by atoms with Crippen LogP contribution in [0.3, 0.4) is 0 Å². The molecule has 1 saturated carbocycles. The van der Waals surface area contributed by atoms with Crippen LogP contribution in [0, 0.1) is 0 Å². The maximum absolute atomic E-state index is 12.6. The number of hydrogen-bond acceptors (Lipinski definition) is 5. The van der Waals surface area contributed by atoms with E-state index in [0.717, 1.165) is 42.7 Å². The van der Waals surface area contributed by atoms with Crippen molar-refractivity contribution in [2.45, 2.75) is 50.7 Å². The molecule has 0 saturated heterocycles. The summed E-state index contributed by atoms with van der Waals surface area (Å²) in [6.07, 6.45) is 6.39. The number of carbonyl (C=O) groups excluding carboxylic acids is 1. The predicted octanol–water partition coefficient (Wildman–Crippen LogP) is 2.54. The van der Waals surface area contributed by atoms with Gasteiger partial charge in [0.25, 0.3) is 0 Å². The lowest BCUT2D eigenvalue weighted by Gasteiger charge is -2.36. The van der Waals surface area contributed by atoms with Crippen LogP contribution < -0.4 is 24.8 Å². The topological polar surface area (TPSA) is 72.1 Å². The van der Waals surface area contributed by atoms with Crippen LogP contribution >= 0.6 is 0 Å². The number of urea groups is 1. The molecule has 0 bridgehead atoms. The lowest BCUT2D eigenvalue weighted by Crippen LogP contribution is -2.49. The molecule has 1 aromatic carbocycles. The molecule has 0 spiro atoms. The SMILES string of the molecule is COc1c2c(cc3c1[C@H](NC(=O)NC1CCCCC1)N(C)CC3)OCO2. The van der Waals surface area contributed by atoms with Crippen molar-refractivity contribution in [3.05, 3.63) is 17.2 Å². The van der Waals surface area contributed by atoms with Crippen LogP contribution in [0.1, 0.15) is 49.4 Å². The Hall–Kier alpha value is -2.15. The fourth-order valence-electron chi connectivity index (χ4n) is 4.21. The summed E-state index contributed by atoms with van der Waals surface area (Å²) in [7, 11) is 3.64. The van der Waals surface area contributed by atoms with Crippen molar-refractivity contribution in [2.75, 3.05) is 27.5 Å². The molecule has 2 amide bonds. The van der Waals surface area contributed by atoms with E-state index in [-0.39, 0.29) is 25.0 Å². The Bertz CT molecular complexity index is 688. The zero-order chi connectivity index (χ0) is 18.1. The molecule has 1 aromatic rings. The number of ether oxygens (including phenoxy) is 3. The Morgan fingerprint density at radius 1 is 1.23 bits per heavy atom. The Morgan fingerprint density at radius 2 is 2.04 bits per heavy atom. The van der Waals surface area contributed by atoms with Crippen LogP contribution in [0.5, 0.6) is 17.2 Å². The third-order valence-electron chi connectivity index (χ3n) is 5.60. The van der Waals surface area contributed by atoms with E-state index in [4.69, 9.17) is 14.2 Å². The van der Waals surface area contributed by atoms with Crippen molar-refractivity contribution < 1.29 is 19.0 Å². The van der Waals surface area contributed by atoms with Crippen LogP contribution in [-0.2, 0) is 6.42 Å². The minimum absolute atomic E-state index is 0.124. The van der Waals surface area contributed by atoms with Crippen LogP contribution in [0.25, 0.3) is 0 Å². The van der Waals surface area contributed by atoms with E-state index < -0.39 is 0 Å². The van der Waals surface area contributed by atoms with Crippen molar-refractivity contribution in [1.29, 1.82) is 0 Å². The summed E-state index contributed by atoms with van der Waals surface area (Å²) >= 11 is 0. The molecule has 0 radical (unpaired) electrons. The molecular formula is C19H27N3O4. The lowest BCUT2D eigenvalue weighted by atomic mass is 9.94. The van der Waals surface area contributed by atoms with E-state index >= 15 is 0 Å². The molecule has 1 fully saturated rings. The number of methoxy groups -OCH3 is 1. The highest BCUT2D eigenvalue weighted by Gasteiger charge is 2.35. The number of benzene rings is 1. The minimum atomic E-state index is -0.258. The van der Waals surface area contributed by atoms with Gasteiger partial charge in [-0.05, 0) is 37.9 Å². The van der Waals surface area contributed by atoms with Gasteiger partial charge in [0.05, 0.1) is 7.11 Å². The Kier molecular flexibility index (Phi) is 4.80. The third kappa shape index (κ3) is 3.16. The van der Waals surface area contributed by atoms with Crippen LogP contribution in [0.2, 0.25) is 0 Å². The summed E-state index contributed by atoms with van der Waals surface area (Å²) < 4.78 is 16.8. The third-order valence-corrected chi connectivity index (χ3v) is 5.60. The summed E-state index contributed by atoms with van der Waals surface area (Å²) in [5, 5.41) is 6.27. The van der Waals surface area contributed by atoms with Crippen molar-refractivity contribution in [3.63, 3.8) is 0 Å². The van der Waals surface area contributed by atoms with Crippen LogP contribution in [-0.4, -0.2) is 44.5 Å². The number of amides is 2. The van der Waals surface area contributed by atoms with E-state index in [1.165, 1.54) is 19.3 Å². The highest BCUT2D eigenvalue weighted by Crippen LogP contribution is 2.48. The maximum atomic E-state index is 12.6. The normalized spacial score (nSPS) is 22.6. The van der Waals surface area contributed by atoms with Crippen molar-refractivity contribution in [3.8, 4) is 17.2 Å². The summed E-state index contributed by atoms with van der Waals surface area (Å²) in [4.78, 5) is 14.8. The predicted molar refractivity (Wildman–Crippen MR) is 96.7 cm³/mol. The number of likely N-dealkylation sites (N-methyl/N-ethyl adjacent to an activating group) is 1. The molecule has 0 unspecified atom stereocenters. The zero-order valence-corrected chi connectivity index (χ0v) is 15.5. The molecule has 1 aliphatic carbocycles. The molecule has 7 heteroatoms. The van der Waals surface area contributed by atoms with E-state index in [0.29, 0.717) is 11.5 Å². The average Bonchev–Trinajstić information content (AvgIpc) is 3.11. The van der Waals surface area contributed by atoms with E-state index in [2.05, 4.69) is 15.5 Å². The van der Waals surface area contributed by atoms with Gasteiger partial charge in [0.2, 0.25) is 12.5 Å². The largest absolute Gasteiger partial charge is 0.492 e. The number of nitrogens with zero attached hydrogens (tertiary/aromatic N) is 1. The van der Waals surface area contributed by atoms with Gasteiger partial charge in [-0.25, -0.2) is 4.79 Å². The highest BCUT2D eigenvalue weighted by atomic mass is 16.7. The fraction of sp³-hybridized carbons (Fsp3) is 0.632. The zero-order valence-electron chi connectivity index (χ0n) is 15.5.